The summed E-state index contributed by atoms with van der Waals surface area (Å²) in [7, 11) is 1.87. The van der Waals surface area contributed by atoms with Crippen molar-refractivity contribution < 1.29 is 14.6 Å². The van der Waals surface area contributed by atoms with E-state index in [1.54, 1.807) is 35.3 Å². The van der Waals surface area contributed by atoms with Crippen LogP contribution in [0.15, 0.2) is 72.1 Å². The fourth-order valence-corrected chi connectivity index (χ4v) is 3.97. The number of carboxylic acids is 1. The number of benzene rings is 1. The van der Waals surface area contributed by atoms with Crippen LogP contribution in [-0.2, 0) is 16.6 Å². The summed E-state index contributed by atoms with van der Waals surface area (Å²) >= 11 is 0. The molecule has 0 amide bonds. The van der Waals surface area contributed by atoms with Gasteiger partial charge in [0.1, 0.15) is 0 Å². The lowest BCUT2D eigenvalue weighted by atomic mass is 10.0. The predicted molar refractivity (Wildman–Crippen MR) is 128 cm³/mol. The second-order valence-electron chi connectivity index (χ2n) is 8.11. The van der Waals surface area contributed by atoms with Gasteiger partial charge in [0.2, 0.25) is 5.96 Å². The lowest BCUT2D eigenvalue weighted by molar-refractivity contribution is -0.140. The highest BCUT2D eigenvalue weighted by molar-refractivity contribution is 5.99. The Morgan fingerprint density at radius 3 is 2.62 bits per heavy atom. The van der Waals surface area contributed by atoms with Crippen molar-refractivity contribution in [3.05, 3.63) is 72.7 Å². The summed E-state index contributed by atoms with van der Waals surface area (Å²) in [6, 6.07) is 13.2. The van der Waals surface area contributed by atoms with Gasteiger partial charge >= 0.3 is 5.97 Å². The SMILES string of the molecule is Cn1ccc(-c2cccc(C3=CC(Nc4ccncc4)(C(=O)O)N=C(N4CCOCC4)N3)c2)n1. The quantitative estimate of drug-likeness (QED) is 0.531. The summed E-state index contributed by atoms with van der Waals surface area (Å²) < 4.78 is 7.22. The first-order chi connectivity index (χ1) is 16.5. The molecule has 1 unspecified atom stereocenters. The molecule has 1 atom stereocenters. The Morgan fingerprint density at radius 1 is 1.15 bits per heavy atom. The Balaban J connectivity index is 1.58. The van der Waals surface area contributed by atoms with Crippen LogP contribution < -0.4 is 10.6 Å². The van der Waals surface area contributed by atoms with Crippen LogP contribution in [-0.4, -0.2) is 68.7 Å². The van der Waals surface area contributed by atoms with Crippen molar-refractivity contribution in [3.8, 4) is 11.3 Å². The molecule has 2 aliphatic heterocycles. The van der Waals surface area contributed by atoms with E-state index in [4.69, 9.17) is 4.74 Å². The molecular formula is C24H25N7O3. The van der Waals surface area contributed by atoms with Crippen LogP contribution in [0.5, 0.6) is 0 Å². The number of nitrogens with zero attached hydrogens (tertiary/aromatic N) is 5. The summed E-state index contributed by atoms with van der Waals surface area (Å²) in [5.41, 5.74) is 2.12. The van der Waals surface area contributed by atoms with E-state index in [0.29, 0.717) is 43.6 Å². The molecule has 0 aliphatic carbocycles. The van der Waals surface area contributed by atoms with Gasteiger partial charge < -0.3 is 25.4 Å². The number of carbonyl (C=O) groups is 1. The third-order valence-corrected chi connectivity index (χ3v) is 5.72. The Morgan fingerprint density at radius 2 is 1.91 bits per heavy atom. The number of anilines is 1. The first-order valence-electron chi connectivity index (χ1n) is 11.0. The molecule has 5 rings (SSSR count). The van der Waals surface area contributed by atoms with Crippen LogP contribution in [0.4, 0.5) is 5.69 Å². The van der Waals surface area contributed by atoms with E-state index in [1.807, 2.05) is 48.5 Å². The van der Waals surface area contributed by atoms with E-state index < -0.39 is 11.6 Å². The second kappa shape index (κ2) is 8.99. The van der Waals surface area contributed by atoms with Crippen molar-refractivity contribution >= 4 is 23.3 Å². The number of aliphatic carboxylic acids is 1. The average Bonchev–Trinajstić information content (AvgIpc) is 3.31. The van der Waals surface area contributed by atoms with Gasteiger partial charge in [-0.3, -0.25) is 9.67 Å². The number of ether oxygens (including phenoxy) is 1. The van der Waals surface area contributed by atoms with E-state index in [1.165, 1.54) is 0 Å². The number of pyridine rings is 1. The number of nitrogens with one attached hydrogen (secondary N) is 2. The molecule has 4 heterocycles. The third kappa shape index (κ3) is 4.35. The molecule has 0 radical (unpaired) electrons. The molecule has 1 fully saturated rings. The summed E-state index contributed by atoms with van der Waals surface area (Å²) in [4.78, 5) is 23.3. The molecule has 0 bridgehead atoms. The van der Waals surface area contributed by atoms with Gasteiger partial charge in [0.05, 0.1) is 18.9 Å². The molecule has 2 aromatic heterocycles. The van der Waals surface area contributed by atoms with Gasteiger partial charge in [0.25, 0.3) is 5.66 Å². The molecule has 3 aromatic rings. The van der Waals surface area contributed by atoms with Crippen molar-refractivity contribution in [1.82, 2.24) is 25.0 Å². The zero-order chi connectivity index (χ0) is 23.5. The fraction of sp³-hybridized carbons (Fsp3) is 0.250. The van der Waals surface area contributed by atoms with Crippen molar-refractivity contribution in [3.63, 3.8) is 0 Å². The number of hydrogen-bond acceptors (Lipinski definition) is 8. The summed E-state index contributed by atoms with van der Waals surface area (Å²) in [6.07, 6.45) is 6.70. The van der Waals surface area contributed by atoms with Crippen LogP contribution in [0.3, 0.4) is 0 Å². The Bertz CT molecular complexity index is 1250. The molecular weight excluding hydrogens is 434 g/mol. The maximum atomic E-state index is 12.7. The van der Waals surface area contributed by atoms with Gasteiger partial charge in [0.15, 0.2) is 0 Å². The Labute approximate surface area is 196 Å². The zero-order valence-corrected chi connectivity index (χ0v) is 18.7. The topological polar surface area (TPSA) is 117 Å². The van der Waals surface area contributed by atoms with Gasteiger partial charge in [-0.2, -0.15) is 5.10 Å². The zero-order valence-electron chi connectivity index (χ0n) is 18.7. The largest absolute Gasteiger partial charge is 0.478 e. The number of guanidine groups is 1. The molecule has 34 heavy (non-hydrogen) atoms. The number of morpholine rings is 1. The minimum atomic E-state index is -1.71. The molecule has 10 heteroatoms. The van der Waals surface area contributed by atoms with Gasteiger partial charge in [0, 0.05) is 55.7 Å². The van der Waals surface area contributed by atoms with Gasteiger partial charge in [-0.1, -0.05) is 18.2 Å². The average molecular weight is 460 g/mol. The van der Waals surface area contributed by atoms with Crippen LogP contribution in [0.25, 0.3) is 17.0 Å². The van der Waals surface area contributed by atoms with Crippen LogP contribution in [0.2, 0.25) is 0 Å². The number of rotatable bonds is 5. The van der Waals surface area contributed by atoms with E-state index in [9.17, 15) is 9.90 Å². The number of hydrogen-bond donors (Lipinski definition) is 3. The molecule has 2 aliphatic rings. The molecule has 0 saturated carbocycles. The van der Waals surface area contributed by atoms with Crippen molar-refractivity contribution in [1.29, 1.82) is 0 Å². The molecule has 3 N–H and O–H groups in total. The maximum Gasteiger partial charge on any atom is 0.356 e. The highest BCUT2D eigenvalue weighted by atomic mass is 16.5. The Hall–Kier alpha value is -4.18. The monoisotopic (exact) mass is 459 g/mol. The number of aromatic nitrogens is 3. The van der Waals surface area contributed by atoms with Crippen LogP contribution >= 0.6 is 0 Å². The van der Waals surface area contributed by atoms with Crippen molar-refractivity contribution in [2.45, 2.75) is 5.66 Å². The Kier molecular flexibility index (Phi) is 5.72. The van der Waals surface area contributed by atoms with Gasteiger partial charge in [-0.15, -0.1) is 0 Å². The van der Waals surface area contributed by atoms with Crippen molar-refractivity contribution in [2.75, 3.05) is 31.6 Å². The molecule has 1 saturated heterocycles. The number of aryl methyl sites for hydroxylation is 1. The van der Waals surface area contributed by atoms with Gasteiger partial charge in [-0.05, 0) is 35.9 Å². The molecule has 10 nitrogen and oxygen atoms in total. The maximum absolute atomic E-state index is 12.7. The normalized spacial score (nSPS) is 20.2. The lowest BCUT2D eigenvalue weighted by Gasteiger charge is -2.37. The first-order valence-corrected chi connectivity index (χ1v) is 11.0. The summed E-state index contributed by atoms with van der Waals surface area (Å²) in [6.45, 7) is 2.32. The van der Waals surface area contributed by atoms with E-state index in [-0.39, 0.29) is 0 Å². The lowest BCUT2D eigenvalue weighted by Crippen LogP contribution is -2.54. The minimum absolute atomic E-state index is 0.480. The predicted octanol–water partition coefficient (Wildman–Crippen LogP) is 2.01. The summed E-state index contributed by atoms with van der Waals surface area (Å²) in [5.74, 6) is -0.636. The molecule has 0 spiro atoms. The highest BCUT2D eigenvalue weighted by Gasteiger charge is 2.41. The highest BCUT2D eigenvalue weighted by Crippen LogP contribution is 2.29. The standard InChI is InChI=1S/C24H25N7O3/c1-30-10-7-20(29-30)17-3-2-4-18(15-17)21-16-24(22(32)33,27-19-5-8-25-9-6-19)28-23(26-21)31-11-13-34-14-12-31/h2-10,15-16H,11-14H2,1H3,(H,25,27)(H,26,28)(H,32,33). The van der Waals surface area contributed by atoms with Crippen molar-refractivity contribution in [2.24, 2.45) is 12.0 Å². The number of aliphatic imine (C=N–C) groups is 1. The van der Waals surface area contributed by atoms with Crippen LogP contribution in [0, 0.1) is 0 Å². The second-order valence-corrected chi connectivity index (χ2v) is 8.11. The first kappa shape index (κ1) is 21.7. The van der Waals surface area contributed by atoms with Crippen LogP contribution in [0.1, 0.15) is 5.56 Å². The fourth-order valence-electron chi connectivity index (χ4n) is 3.97. The van der Waals surface area contributed by atoms with Gasteiger partial charge in [-0.25, -0.2) is 9.79 Å². The number of carboxylic acid groups (broad SMARTS) is 1. The van der Waals surface area contributed by atoms with E-state index in [0.717, 1.165) is 16.8 Å². The molecule has 1 aromatic carbocycles. The molecule has 174 valence electrons. The summed E-state index contributed by atoms with van der Waals surface area (Å²) in [5, 5.41) is 21.3. The third-order valence-electron chi connectivity index (χ3n) is 5.72. The minimum Gasteiger partial charge on any atom is -0.478 e. The van der Waals surface area contributed by atoms with E-state index >= 15 is 0 Å². The van der Waals surface area contributed by atoms with E-state index in [2.05, 4.69) is 25.7 Å². The smallest absolute Gasteiger partial charge is 0.356 e.